The van der Waals surface area contributed by atoms with E-state index >= 15 is 0 Å². The minimum Gasteiger partial charge on any atom is -0.381 e. The Morgan fingerprint density at radius 2 is 1.76 bits per heavy atom. The molecule has 0 N–H and O–H groups in total. The van der Waals surface area contributed by atoms with E-state index in [1.54, 1.807) is 0 Å². The summed E-state index contributed by atoms with van der Waals surface area (Å²) in [5.74, 6) is 0.485. The molecular weight excluding hydrogens is 422 g/mol. The van der Waals surface area contributed by atoms with Crippen LogP contribution in [-0.4, -0.2) is 37.8 Å². The number of aryl methyl sites for hydroxylation is 3. The van der Waals surface area contributed by atoms with Crippen LogP contribution in [0.25, 0.3) is 33.2 Å². The summed E-state index contributed by atoms with van der Waals surface area (Å²) in [5.41, 5.74) is 9.05. The average molecular weight is 452 g/mol. The van der Waals surface area contributed by atoms with Crippen molar-refractivity contribution in [1.82, 2.24) is 24.5 Å². The van der Waals surface area contributed by atoms with Gasteiger partial charge in [-0.25, -0.2) is 4.68 Å². The van der Waals surface area contributed by atoms with Crippen molar-refractivity contribution >= 4 is 21.9 Å². The second-order valence-electron chi connectivity index (χ2n) is 9.43. The third kappa shape index (κ3) is 3.41. The predicted octanol–water partition coefficient (Wildman–Crippen LogP) is 5.62. The van der Waals surface area contributed by atoms with Crippen molar-refractivity contribution in [2.45, 2.75) is 32.7 Å². The van der Waals surface area contributed by atoms with E-state index in [4.69, 9.17) is 9.72 Å². The minimum atomic E-state index is 0.203. The molecule has 0 bridgehead atoms. The van der Waals surface area contributed by atoms with E-state index < -0.39 is 0 Å². The van der Waals surface area contributed by atoms with Gasteiger partial charge in [0, 0.05) is 37.4 Å². The quantitative estimate of drug-likeness (QED) is 0.356. The number of rotatable bonds is 4. The second-order valence-corrected chi connectivity index (χ2v) is 9.43. The summed E-state index contributed by atoms with van der Waals surface area (Å²) < 4.78 is 10.2. The number of hydrogen-bond donors (Lipinski definition) is 0. The molecule has 0 radical (unpaired) electrons. The lowest BCUT2D eigenvalue weighted by Gasteiger charge is -2.33. The summed E-state index contributed by atoms with van der Waals surface area (Å²) in [6, 6.07) is 20.1. The lowest BCUT2D eigenvalue weighted by molar-refractivity contribution is 0.0553. The first kappa shape index (κ1) is 21.1. The molecule has 6 rings (SSSR count). The molecule has 1 fully saturated rings. The van der Waals surface area contributed by atoms with Crippen molar-refractivity contribution in [3.05, 3.63) is 77.6 Å². The van der Waals surface area contributed by atoms with Crippen LogP contribution in [0.5, 0.6) is 0 Å². The molecule has 1 saturated heterocycles. The normalized spacial score (nSPS) is 15.9. The molecule has 4 heterocycles. The molecular formula is C28H29N5O. The molecule has 2 aromatic carbocycles. The number of aromatic nitrogens is 5. The third-order valence-corrected chi connectivity index (χ3v) is 7.18. The number of ether oxygens (including phenoxy) is 1. The molecule has 6 nitrogen and oxygen atoms in total. The van der Waals surface area contributed by atoms with Crippen LogP contribution in [0.1, 0.15) is 35.7 Å². The standard InChI is InChI=1S/C28H29N5O/c1-18-15-25-26(29-17-18)23-10-9-22(27-19(2)30-31-32(27)3)16-24(23)33(25)28(20-7-5-4-6-8-20)21-11-13-34-14-12-21/h4-10,15-17,21,28H,11-14H2,1-3H3/t28-/m1/s1. The summed E-state index contributed by atoms with van der Waals surface area (Å²) in [5, 5.41) is 9.70. The SMILES string of the molecule is Cc1cnc2c3ccc(-c4c(C)nnn4C)cc3n([C@H](c3ccccc3)C3CCOCC3)c2c1. The maximum atomic E-state index is 5.75. The molecule has 1 atom stereocenters. The summed E-state index contributed by atoms with van der Waals surface area (Å²) >= 11 is 0. The molecule has 0 unspecified atom stereocenters. The lowest BCUT2D eigenvalue weighted by atomic mass is 9.86. The smallest absolute Gasteiger partial charge is 0.0960 e. The first-order valence-corrected chi connectivity index (χ1v) is 12.0. The number of benzene rings is 2. The van der Waals surface area contributed by atoms with E-state index in [0.29, 0.717) is 5.92 Å². The highest BCUT2D eigenvalue weighted by Crippen LogP contribution is 2.41. The highest BCUT2D eigenvalue weighted by molar-refractivity contribution is 6.07. The molecule has 172 valence electrons. The largest absolute Gasteiger partial charge is 0.381 e. The molecule has 0 aliphatic carbocycles. The molecule has 34 heavy (non-hydrogen) atoms. The van der Waals surface area contributed by atoms with Crippen LogP contribution in [-0.2, 0) is 11.8 Å². The van der Waals surface area contributed by atoms with Crippen LogP contribution in [0.2, 0.25) is 0 Å². The summed E-state index contributed by atoms with van der Waals surface area (Å²) in [6.07, 6.45) is 4.07. The molecule has 0 saturated carbocycles. The van der Waals surface area contributed by atoms with E-state index in [2.05, 4.69) is 76.4 Å². The fourth-order valence-corrected chi connectivity index (χ4v) is 5.62. The van der Waals surface area contributed by atoms with E-state index in [9.17, 15) is 0 Å². The highest BCUT2D eigenvalue weighted by Gasteiger charge is 2.30. The van der Waals surface area contributed by atoms with Crippen molar-refractivity contribution in [2.24, 2.45) is 13.0 Å². The molecule has 0 amide bonds. The Morgan fingerprint density at radius 1 is 0.971 bits per heavy atom. The third-order valence-electron chi connectivity index (χ3n) is 7.18. The molecule has 3 aromatic heterocycles. The van der Waals surface area contributed by atoms with Crippen LogP contribution < -0.4 is 0 Å². The van der Waals surface area contributed by atoms with Gasteiger partial charge in [-0.2, -0.15) is 0 Å². The van der Waals surface area contributed by atoms with Gasteiger partial charge in [-0.1, -0.05) is 41.6 Å². The molecule has 5 aromatic rings. The van der Waals surface area contributed by atoms with Gasteiger partial charge in [-0.3, -0.25) is 4.98 Å². The van der Waals surface area contributed by atoms with Gasteiger partial charge in [0.05, 0.1) is 34.0 Å². The van der Waals surface area contributed by atoms with Crippen molar-refractivity contribution < 1.29 is 4.74 Å². The van der Waals surface area contributed by atoms with E-state index in [1.165, 1.54) is 27.5 Å². The van der Waals surface area contributed by atoms with Crippen molar-refractivity contribution in [3.8, 4) is 11.3 Å². The number of nitrogens with zero attached hydrogens (tertiary/aromatic N) is 5. The van der Waals surface area contributed by atoms with Crippen LogP contribution in [0.4, 0.5) is 0 Å². The van der Waals surface area contributed by atoms with Gasteiger partial charge in [-0.05, 0) is 61.9 Å². The zero-order valence-electron chi connectivity index (χ0n) is 19.9. The van der Waals surface area contributed by atoms with Crippen molar-refractivity contribution in [1.29, 1.82) is 0 Å². The first-order valence-electron chi connectivity index (χ1n) is 12.0. The van der Waals surface area contributed by atoms with Gasteiger partial charge in [0.15, 0.2) is 0 Å². The number of hydrogen-bond acceptors (Lipinski definition) is 4. The number of pyridine rings is 1. The second kappa shape index (κ2) is 8.37. The molecule has 0 spiro atoms. The van der Waals surface area contributed by atoms with Crippen molar-refractivity contribution in [3.63, 3.8) is 0 Å². The van der Waals surface area contributed by atoms with E-state index in [1.807, 2.05) is 24.9 Å². The maximum absolute atomic E-state index is 5.75. The van der Waals surface area contributed by atoms with Gasteiger partial charge in [0.1, 0.15) is 0 Å². The van der Waals surface area contributed by atoms with Crippen LogP contribution >= 0.6 is 0 Å². The summed E-state index contributed by atoms with van der Waals surface area (Å²) in [6.45, 7) is 5.76. The minimum absolute atomic E-state index is 0.203. The van der Waals surface area contributed by atoms with E-state index in [-0.39, 0.29) is 6.04 Å². The van der Waals surface area contributed by atoms with Crippen LogP contribution in [0, 0.1) is 19.8 Å². The zero-order valence-corrected chi connectivity index (χ0v) is 19.9. The average Bonchev–Trinajstić information content (AvgIpc) is 3.36. The molecule has 1 aliphatic heterocycles. The highest BCUT2D eigenvalue weighted by atomic mass is 16.5. The van der Waals surface area contributed by atoms with E-state index in [0.717, 1.165) is 48.5 Å². The predicted molar refractivity (Wildman–Crippen MR) is 135 cm³/mol. The Hall–Kier alpha value is -3.51. The Morgan fingerprint density at radius 3 is 2.50 bits per heavy atom. The van der Waals surface area contributed by atoms with Crippen LogP contribution in [0.3, 0.4) is 0 Å². The van der Waals surface area contributed by atoms with Crippen LogP contribution in [0.15, 0.2) is 60.8 Å². The fraction of sp³-hybridized carbons (Fsp3) is 0.321. The Bertz CT molecular complexity index is 1460. The van der Waals surface area contributed by atoms with Gasteiger partial charge in [-0.15, -0.1) is 5.10 Å². The fourth-order valence-electron chi connectivity index (χ4n) is 5.62. The maximum Gasteiger partial charge on any atom is 0.0960 e. The Labute approximate surface area is 199 Å². The van der Waals surface area contributed by atoms with Gasteiger partial charge in [0.2, 0.25) is 0 Å². The van der Waals surface area contributed by atoms with Gasteiger partial charge >= 0.3 is 0 Å². The molecule has 1 aliphatic rings. The Kier molecular flexibility index (Phi) is 5.18. The zero-order chi connectivity index (χ0) is 23.2. The first-order chi connectivity index (χ1) is 16.6. The monoisotopic (exact) mass is 451 g/mol. The summed E-state index contributed by atoms with van der Waals surface area (Å²) in [4.78, 5) is 4.90. The topological polar surface area (TPSA) is 57.8 Å². The number of fused-ring (bicyclic) bond motifs is 3. The lowest BCUT2D eigenvalue weighted by Crippen LogP contribution is -2.26. The van der Waals surface area contributed by atoms with Gasteiger partial charge < -0.3 is 9.30 Å². The summed E-state index contributed by atoms with van der Waals surface area (Å²) in [7, 11) is 1.95. The molecule has 6 heteroatoms. The van der Waals surface area contributed by atoms with Gasteiger partial charge in [0.25, 0.3) is 0 Å². The Balaban J connectivity index is 1.67. The van der Waals surface area contributed by atoms with Crippen molar-refractivity contribution in [2.75, 3.05) is 13.2 Å².